The number of methoxy groups -OCH3 is 1. The van der Waals surface area contributed by atoms with Crippen molar-refractivity contribution in [2.45, 2.75) is 33.6 Å². The van der Waals surface area contributed by atoms with E-state index in [4.69, 9.17) is 10.5 Å². The summed E-state index contributed by atoms with van der Waals surface area (Å²) < 4.78 is 5.18. The monoisotopic (exact) mass is 281 g/mol. The Morgan fingerprint density at radius 1 is 1.20 bits per heavy atom. The Balaban J connectivity index is 2.59. The van der Waals surface area contributed by atoms with Gasteiger partial charge in [0.25, 0.3) is 0 Å². The predicted molar refractivity (Wildman–Crippen MR) is 83.3 cm³/mol. The fraction of sp³-hybridized carbons (Fsp3) is 0.714. The molecule has 0 unspecified atom stereocenters. The molecule has 0 aliphatic carbocycles. The van der Waals surface area contributed by atoms with E-state index in [2.05, 4.69) is 34.0 Å². The van der Waals surface area contributed by atoms with Crippen LogP contribution in [-0.2, 0) is 6.42 Å². The summed E-state index contributed by atoms with van der Waals surface area (Å²) in [5, 5.41) is 3.28. The van der Waals surface area contributed by atoms with Gasteiger partial charge in [-0.2, -0.15) is 4.98 Å². The number of nitrogen functional groups attached to an aromatic ring is 1. The van der Waals surface area contributed by atoms with Crippen LogP contribution in [0.5, 0.6) is 5.88 Å². The zero-order valence-electron chi connectivity index (χ0n) is 13.1. The van der Waals surface area contributed by atoms with Crippen molar-refractivity contribution in [1.29, 1.82) is 0 Å². The van der Waals surface area contributed by atoms with Crippen molar-refractivity contribution in [2.75, 3.05) is 44.3 Å². The minimum atomic E-state index is 0.447. The first kappa shape index (κ1) is 16.5. The number of hydrogen-bond acceptors (Lipinski definition) is 6. The van der Waals surface area contributed by atoms with Crippen LogP contribution in [0.25, 0.3) is 0 Å². The topological polar surface area (TPSA) is 76.3 Å². The van der Waals surface area contributed by atoms with Crippen molar-refractivity contribution < 1.29 is 4.74 Å². The average Bonchev–Trinajstić information content (AvgIpc) is 2.48. The van der Waals surface area contributed by atoms with Gasteiger partial charge in [-0.05, 0) is 26.1 Å². The summed E-state index contributed by atoms with van der Waals surface area (Å²) >= 11 is 0. The molecule has 1 heterocycles. The standard InChI is InChI=1S/C14H27N5O/c1-5-11-17-13(12(15)14(18-11)20-4)16-9-8-10-19(6-2)7-3/h5-10,15H2,1-4H3,(H,16,17,18). The Labute approximate surface area is 121 Å². The molecule has 1 rings (SSSR count). The molecule has 6 nitrogen and oxygen atoms in total. The Hall–Kier alpha value is -1.56. The Bertz CT molecular complexity index is 407. The SMILES string of the molecule is CCc1nc(NCCCN(CC)CC)c(N)c(OC)n1. The molecular formula is C14H27N5O. The van der Waals surface area contributed by atoms with Gasteiger partial charge in [0, 0.05) is 13.0 Å². The van der Waals surface area contributed by atoms with E-state index in [9.17, 15) is 0 Å². The largest absolute Gasteiger partial charge is 0.479 e. The molecule has 6 heteroatoms. The van der Waals surface area contributed by atoms with E-state index < -0.39 is 0 Å². The van der Waals surface area contributed by atoms with Crippen molar-refractivity contribution in [3.05, 3.63) is 5.82 Å². The maximum Gasteiger partial charge on any atom is 0.242 e. The van der Waals surface area contributed by atoms with Crippen LogP contribution in [0, 0.1) is 0 Å². The molecule has 0 amide bonds. The third-order valence-electron chi connectivity index (χ3n) is 3.30. The van der Waals surface area contributed by atoms with Gasteiger partial charge in [-0.15, -0.1) is 0 Å². The number of aryl methyl sites for hydroxylation is 1. The molecule has 0 fully saturated rings. The molecule has 1 aromatic heterocycles. The van der Waals surface area contributed by atoms with Crippen LogP contribution in [0.2, 0.25) is 0 Å². The highest BCUT2D eigenvalue weighted by Crippen LogP contribution is 2.25. The summed E-state index contributed by atoms with van der Waals surface area (Å²) in [5.41, 5.74) is 6.47. The number of aromatic nitrogens is 2. The summed E-state index contributed by atoms with van der Waals surface area (Å²) in [6.45, 7) is 10.4. The lowest BCUT2D eigenvalue weighted by molar-refractivity contribution is 0.303. The summed E-state index contributed by atoms with van der Waals surface area (Å²) in [6, 6.07) is 0. The number of rotatable bonds is 9. The Kier molecular flexibility index (Phi) is 7.08. The van der Waals surface area contributed by atoms with Crippen LogP contribution in [0.3, 0.4) is 0 Å². The summed E-state index contributed by atoms with van der Waals surface area (Å²) in [5.74, 6) is 1.86. The zero-order valence-corrected chi connectivity index (χ0v) is 13.1. The molecule has 0 atom stereocenters. The van der Waals surface area contributed by atoms with Crippen LogP contribution < -0.4 is 15.8 Å². The molecule has 0 aliphatic rings. The minimum absolute atomic E-state index is 0.447. The predicted octanol–water partition coefficient (Wildman–Crippen LogP) is 1.77. The third-order valence-corrected chi connectivity index (χ3v) is 3.30. The van der Waals surface area contributed by atoms with Gasteiger partial charge in [-0.1, -0.05) is 20.8 Å². The van der Waals surface area contributed by atoms with Gasteiger partial charge in [0.15, 0.2) is 5.82 Å². The lowest BCUT2D eigenvalue weighted by Gasteiger charge is -2.18. The Morgan fingerprint density at radius 3 is 2.45 bits per heavy atom. The first-order valence-corrected chi connectivity index (χ1v) is 7.32. The maximum absolute atomic E-state index is 5.99. The highest BCUT2D eigenvalue weighted by atomic mass is 16.5. The van der Waals surface area contributed by atoms with Crippen molar-refractivity contribution in [3.8, 4) is 5.88 Å². The van der Waals surface area contributed by atoms with E-state index in [0.29, 0.717) is 17.4 Å². The van der Waals surface area contributed by atoms with E-state index in [1.165, 1.54) is 0 Å². The maximum atomic E-state index is 5.99. The quantitative estimate of drug-likeness (QED) is 0.672. The van der Waals surface area contributed by atoms with Gasteiger partial charge in [0.1, 0.15) is 11.5 Å². The van der Waals surface area contributed by atoms with Gasteiger partial charge in [0.05, 0.1) is 7.11 Å². The number of anilines is 2. The fourth-order valence-electron chi connectivity index (χ4n) is 1.99. The highest BCUT2D eigenvalue weighted by Gasteiger charge is 2.11. The smallest absolute Gasteiger partial charge is 0.242 e. The van der Waals surface area contributed by atoms with Gasteiger partial charge in [-0.3, -0.25) is 0 Å². The molecule has 0 saturated heterocycles. The van der Waals surface area contributed by atoms with Gasteiger partial charge >= 0.3 is 0 Å². The second kappa shape index (κ2) is 8.58. The van der Waals surface area contributed by atoms with Crippen LogP contribution in [-0.4, -0.2) is 48.2 Å². The minimum Gasteiger partial charge on any atom is -0.479 e. The molecule has 3 N–H and O–H groups in total. The van der Waals surface area contributed by atoms with Crippen molar-refractivity contribution in [1.82, 2.24) is 14.9 Å². The molecule has 0 radical (unpaired) electrons. The molecule has 114 valence electrons. The second-order valence-corrected chi connectivity index (χ2v) is 4.57. The van der Waals surface area contributed by atoms with Crippen LogP contribution in [0.4, 0.5) is 11.5 Å². The number of ether oxygens (including phenoxy) is 1. The zero-order chi connectivity index (χ0) is 15.0. The van der Waals surface area contributed by atoms with E-state index in [1.54, 1.807) is 7.11 Å². The van der Waals surface area contributed by atoms with E-state index in [1.807, 2.05) is 6.92 Å². The first-order valence-electron chi connectivity index (χ1n) is 7.32. The summed E-state index contributed by atoms with van der Waals surface area (Å²) in [6.07, 6.45) is 1.81. The Morgan fingerprint density at radius 2 is 1.90 bits per heavy atom. The third kappa shape index (κ3) is 4.52. The van der Waals surface area contributed by atoms with Gasteiger partial charge < -0.3 is 20.7 Å². The average molecular weight is 281 g/mol. The highest BCUT2D eigenvalue weighted by molar-refractivity contribution is 5.66. The molecule has 0 aromatic carbocycles. The van der Waals surface area contributed by atoms with Crippen molar-refractivity contribution >= 4 is 11.5 Å². The fourth-order valence-corrected chi connectivity index (χ4v) is 1.99. The van der Waals surface area contributed by atoms with Gasteiger partial charge in [-0.25, -0.2) is 4.98 Å². The number of nitrogens with zero attached hydrogens (tertiary/aromatic N) is 3. The lowest BCUT2D eigenvalue weighted by atomic mass is 10.3. The van der Waals surface area contributed by atoms with Crippen LogP contribution in [0.15, 0.2) is 0 Å². The second-order valence-electron chi connectivity index (χ2n) is 4.57. The van der Waals surface area contributed by atoms with Gasteiger partial charge in [0.2, 0.25) is 5.88 Å². The number of nitrogens with one attached hydrogen (secondary N) is 1. The number of nitrogens with two attached hydrogens (primary N) is 1. The molecule has 0 aliphatic heterocycles. The first-order chi connectivity index (χ1) is 9.65. The molecular weight excluding hydrogens is 254 g/mol. The summed E-state index contributed by atoms with van der Waals surface area (Å²) in [7, 11) is 1.57. The van der Waals surface area contributed by atoms with Crippen molar-refractivity contribution in [3.63, 3.8) is 0 Å². The molecule has 20 heavy (non-hydrogen) atoms. The van der Waals surface area contributed by atoms with E-state index >= 15 is 0 Å². The van der Waals surface area contributed by atoms with Crippen LogP contribution in [0.1, 0.15) is 33.0 Å². The normalized spacial score (nSPS) is 10.8. The molecule has 0 saturated carbocycles. The summed E-state index contributed by atoms with van der Waals surface area (Å²) in [4.78, 5) is 11.1. The number of hydrogen-bond donors (Lipinski definition) is 2. The van der Waals surface area contributed by atoms with E-state index in [0.717, 1.165) is 44.8 Å². The van der Waals surface area contributed by atoms with Crippen LogP contribution >= 0.6 is 0 Å². The lowest BCUT2D eigenvalue weighted by Crippen LogP contribution is -2.25. The molecule has 0 bridgehead atoms. The van der Waals surface area contributed by atoms with E-state index in [-0.39, 0.29) is 0 Å². The molecule has 1 aromatic rings. The van der Waals surface area contributed by atoms with Crippen molar-refractivity contribution in [2.24, 2.45) is 0 Å². The molecule has 0 spiro atoms.